The van der Waals surface area contributed by atoms with Gasteiger partial charge in [0.15, 0.2) is 0 Å². The molecule has 0 radical (unpaired) electrons. The zero-order valence-corrected chi connectivity index (χ0v) is 17.7. The van der Waals surface area contributed by atoms with Gasteiger partial charge in [-0.05, 0) is 49.0 Å². The summed E-state index contributed by atoms with van der Waals surface area (Å²) < 4.78 is 0. The minimum atomic E-state index is 0.617. The van der Waals surface area contributed by atoms with Crippen LogP contribution in [0.2, 0.25) is 0 Å². The van der Waals surface area contributed by atoms with Crippen LogP contribution in [0.3, 0.4) is 0 Å². The number of rotatable bonds is 14. The standard InChI is InChI=1S/C23H46N2/c1-5-6-7-8-9-10-11-12-13-14-24-15-16-25-22-18-20-17-21(19(22)2)23(20,3)4/h19-22,24-25H,5-18H2,1-4H3/t19-,20+,21-,22-/m0/s1. The Morgan fingerprint density at radius 2 is 1.44 bits per heavy atom. The molecule has 0 heterocycles. The van der Waals surface area contributed by atoms with Crippen LogP contribution >= 0.6 is 0 Å². The third kappa shape index (κ3) is 6.24. The van der Waals surface area contributed by atoms with Crippen molar-refractivity contribution in [3.8, 4) is 0 Å². The second-order valence-electron chi connectivity index (χ2n) is 9.59. The molecule has 25 heavy (non-hydrogen) atoms. The van der Waals surface area contributed by atoms with E-state index in [-0.39, 0.29) is 0 Å². The summed E-state index contributed by atoms with van der Waals surface area (Å²) in [4.78, 5) is 0. The SMILES string of the molecule is CCCCCCCCCCCNCCN[C@H]1C[C@H]2C[C@@H]([C@@H]1C)C2(C)C. The van der Waals surface area contributed by atoms with Gasteiger partial charge in [-0.1, -0.05) is 79.1 Å². The molecular weight excluding hydrogens is 304 g/mol. The highest BCUT2D eigenvalue weighted by Crippen LogP contribution is 2.61. The number of hydrogen-bond acceptors (Lipinski definition) is 2. The lowest BCUT2D eigenvalue weighted by atomic mass is 9.45. The molecule has 3 rings (SSSR count). The molecule has 0 saturated heterocycles. The fourth-order valence-electron chi connectivity index (χ4n) is 5.45. The molecule has 0 aromatic rings. The smallest absolute Gasteiger partial charge is 0.00989 e. The van der Waals surface area contributed by atoms with Crippen molar-refractivity contribution in [2.45, 2.75) is 104 Å². The van der Waals surface area contributed by atoms with E-state index in [1.807, 2.05) is 0 Å². The lowest BCUT2D eigenvalue weighted by Gasteiger charge is -2.62. The molecule has 0 aromatic heterocycles. The predicted molar refractivity (Wildman–Crippen MR) is 111 cm³/mol. The molecule has 0 spiro atoms. The molecular formula is C23H46N2. The monoisotopic (exact) mass is 350 g/mol. The zero-order valence-electron chi connectivity index (χ0n) is 17.7. The maximum atomic E-state index is 3.84. The lowest BCUT2D eigenvalue weighted by Crippen LogP contribution is -2.60. The first-order valence-electron chi connectivity index (χ1n) is 11.5. The van der Waals surface area contributed by atoms with Gasteiger partial charge in [-0.3, -0.25) is 0 Å². The van der Waals surface area contributed by atoms with Crippen LogP contribution in [0.25, 0.3) is 0 Å². The minimum Gasteiger partial charge on any atom is -0.315 e. The predicted octanol–water partition coefficient (Wildman–Crippen LogP) is 5.77. The fraction of sp³-hybridized carbons (Fsp3) is 1.00. The Morgan fingerprint density at radius 3 is 2.04 bits per heavy atom. The minimum absolute atomic E-state index is 0.617. The highest BCUT2D eigenvalue weighted by atomic mass is 15.0. The Hall–Kier alpha value is -0.0800. The average Bonchev–Trinajstić information content (AvgIpc) is 2.59. The van der Waals surface area contributed by atoms with Crippen LogP contribution in [0.4, 0.5) is 0 Å². The Balaban J connectivity index is 1.36. The summed E-state index contributed by atoms with van der Waals surface area (Å²) in [6, 6.07) is 0.770. The van der Waals surface area contributed by atoms with Crippen LogP contribution in [0.15, 0.2) is 0 Å². The first-order chi connectivity index (χ1) is 12.1. The molecule has 0 aromatic carbocycles. The van der Waals surface area contributed by atoms with E-state index in [1.54, 1.807) is 0 Å². The van der Waals surface area contributed by atoms with E-state index < -0.39 is 0 Å². The second kappa shape index (κ2) is 10.9. The van der Waals surface area contributed by atoms with E-state index in [9.17, 15) is 0 Å². The Bertz CT molecular complexity index is 352. The molecule has 2 heteroatoms. The van der Waals surface area contributed by atoms with Crippen molar-refractivity contribution in [3.05, 3.63) is 0 Å². The molecule has 3 aliphatic carbocycles. The molecule has 0 aliphatic heterocycles. The van der Waals surface area contributed by atoms with Gasteiger partial charge in [0.2, 0.25) is 0 Å². The summed E-state index contributed by atoms with van der Waals surface area (Å²) in [6.45, 7) is 13.2. The van der Waals surface area contributed by atoms with Crippen LogP contribution in [-0.2, 0) is 0 Å². The zero-order chi connectivity index (χ0) is 18.1. The molecule has 2 bridgehead atoms. The largest absolute Gasteiger partial charge is 0.315 e. The van der Waals surface area contributed by atoms with Crippen LogP contribution in [0.5, 0.6) is 0 Å². The van der Waals surface area contributed by atoms with Crippen molar-refractivity contribution >= 4 is 0 Å². The summed E-state index contributed by atoms with van der Waals surface area (Å²) in [7, 11) is 0. The number of unbranched alkanes of at least 4 members (excludes halogenated alkanes) is 8. The van der Waals surface area contributed by atoms with E-state index in [4.69, 9.17) is 0 Å². The quantitative estimate of drug-likeness (QED) is 0.389. The van der Waals surface area contributed by atoms with E-state index in [1.165, 1.54) is 77.2 Å². The van der Waals surface area contributed by atoms with Crippen LogP contribution in [-0.4, -0.2) is 25.7 Å². The summed E-state index contributed by atoms with van der Waals surface area (Å²) in [5.41, 5.74) is 0.617. The topological polar surface area (TPSA) is 24.1 Å². The van der Waals surface area contributed by atoms with Gasteiger partial charge in [0.1, 0.15) is 0 Å². The average molecular weight is 351 g/mol. The summed E-state index contributed by atoms with van der Waals surface area (Å²) in [5.74, 6) is 2.79. The van der Waals surface area contributed by atoms with Gasteiger partial charge in [-0.2, -0.15) is 0 Å². The van der Waals surface area contributed by atoms with Crippen molar-refractivity contribution in [2.75, 3.05) is 19.6 Å². The van der Waals surface area contributed by atoms with Gasteiger partial charge >= 0.3 is 0 Å². The number of nitrogens with one attached hydrogen (secondary N) is 2. The molecule has 3 fully saturated rings. The third-order valence-electron chi connectivity index (χ3n) is 7.52. The number of hydrogen-bond donors (Lipinski definition) is 2. The Labute approximate surface area is 158 Å². The van der Waals surface area contributed by atoms with Gasteiger partial charge in [0.25, 0.3) is 0 Å². The molecule has 148 valence electrons. The van der Waals surface area contributed by atoms with Crippen LogP contribution in [0.1, 0.15) is 98.3 Å². The van der Waals surface area contributed by atoms with Gasteiger partial charge in [-0.15, -0.1) is 0 Å². The van der Waals surface area contributed by atoms with Crippen molar-refractivity contribution in [1.29, 1.82) is 0 Å². The van der Waals surface area contributed by atoms with Gasteiger partial charge in [-0.25, -0.2) is 0 Å². The van der Waals surface area contributed by atoms with Crippen molar-refractivity contribution in [2.24, 2.45) is 23.2 Å². The third-order valence-corrected chi connectivity index (χ3v) is 7.52. The van der Waals surface area contributed by atoms with Crippen LogP contribution in [0, 0.1) is 23.2 Å². The summed E-state index contributed by atoms with van der Waals surface area (Å²) in [6.07, 6.45) is 15.7. The van der Waals surface area contributed by atoms with Crippen molar-refractivity contribution in [1.82, 2.24) is 10.6 Å². The van der Waals surface area contributed by atoms with E-state index in [0.717, 1.165) is 36.9 Å². The lowest BCUT2D eigenvalue weighted by molar-refractivity contribution is -0.114. The summed E-state index contributed by atoms with van der Waals surface area (Å²) in [5, 5.41) is 7.48. The van der Waals surface area contributed by atoms with E-state index in [2.05, 4.69) is 38.3 Å². The van der Waals surface area contributed by atoms with Gasteiger partial charge in [0.05, 0.1) is 0 Å². The molecule has 0 unspecified atom stereocenters. The molecule has 3 saturated carbocycles. The van der Waals surface area contributed by atoms with Crippen molar-refractivity contribution in [3.63, 3.8) is 0 Å². The second-order valence-corrected chi connectivity index (χ2v) is 9.59. The highest BCUT2D eigenvalue weighted by Gasteiger charge is 2.55. The molecule has 2 N–H and O–H groups in total. The first-order valence-corrected chi connectivity index (χ1v) is 11.5. The van der Waals surface area contributed by atoms with Gasteiger partial charge < -0.3 is 10.6 Å². The van der Waals surface area contributed by atoms with E-state index >= 15 is 0 Å². The Morgan fingerprint density at radius 1 is 0.800 bits per heavy atom. The summed E-state index contributed by atoms with van der Waals surface area (Å²) >= 11 is 0. The van der Waals surface area contributed by atoms with Crippen molar-refractivity contribution < 1.29 is 0 Å². The number of fused-ring (bicyclic) bond motifs is 2. The molecule has 3 aliphatic rings. The maximum Gasteiger partial charge on any atom is 0.00989 e. The first kappa shape index (κ1) is 21.2. The molecule has 0 amide bonds. The normalized spacial score (nSPS) is 30.2. The maximum absolute atomic E-state index is 3.84. The van der Waals surface area contributed by atoms with Crippen LogP contribution < -0.4 is 10.6 Å². The van der Waals surface area contributed by atoms with Gasteiger partial charge in [0, 0.05) is 19.1 Å². The molecule has 2 nitrogen and oxygen atoms in total. The molecule has 4 atom stereocenters. The highest BCUT2D eigenvalue weighted by molar-refractivity contribution is 5.06. The Kier molecular flexibility index (Phi) is 9.27. The fourth-order valence-corrected chi connectivity index (χ4v) is 5.45. The van der Waals surface area contributed by atoms with E-state index in [0.29, 0.717) is 5.41 Å².